The van der Waals surface area contributed by atoms with E-state index >= 15 is 0 Å². The Balaban J connectivity index is 1.95. The minimum absolute atomic E-state index is 0.149. The average Bonchev–Trinajstić information content (AvgIpc) is 2.83. The highest BCUT2D eigenvalue weighted by atomic mass is 16.5. The van der Waals surface area contributed by atoms with Crippen molar-refractivity contribution in [1.82, 2.24) is 4.90 Å². The van der Waals surface area contributed by atoms with Gasteiger partial charge in [-0.15, -0.1) is 0 Å². The first-order valence-electron chi connectivity index (χ1n) is 6.36. The normalized spacial score (nSPS) is 30.7. The number of aliphatic hydroxyl groups excluding tert-OH is 1. The number of ether oxygens (including phenoxy) is 1. The van der Waals surface area contributed by atoms with Crippen molar-refractivity contribution >= 4 is 5.91 Å². The lowest BCUT2D eigenvalue weighted by molar-refractivity contribution is -0.145. The van der Waals surface area contributed by atoms with Crippen LogP contribution in [0, 0.1) is 0 Å². The van der Waals surface area contributed by atoms with Gasteiger partial charge in [0.25, 0.3) is 5.91 Å². The highest BCUT2D eigenvalue weighted by Gasteiger charge is 2.33. The predicted molar refractivity (Wildman–Crippen MR) is 60.0 cm³/mol. The molecule has 0 aromatic heterocycles. The molecule has 92 valence electrons. The number of carbonyl (C=O) groups is 1. The molecule has 2 saturated heterocycles. The topological polar surface area (TPSA) is 49.8 Å². The Bertz CT molecular complexity index is 236. The summed E-state index contributed by atoms with van der Waals surface area (Å²) in [7, 11) is 0. The molecule has 0 aromatic rings. The zero-order chi connectivity index (χ0) is 11.4. The van der Waals surface area contributed by atoms with E-state index in [1.807, 2.05) is 4.90 Å². The second-order valence-corrected chi connectivity index (χ2v) is 4.70. The summed E-state index contributed by atoms with van der Waals surface area (Å²) < 4.78 is 5.44. The molecule has 2 fully saturated rings. The number of nitrogens with zero attached hydrogens (tertiary/aromatic N) is 1. The molecule has 4 heteroatoms. The molecule has 0 aromatic carbocycles. The molecular formula is C12H21NO3. The van der Waals surface area contributed by atoms with Gasteiger partial charge in [0, 0.05) is 25.8 Å². The third-order valence-corrected chi connectivity index (χ3v) is 3.58. The minimum Gasteiger partial charge on any atom is -0.396 e. The van der Waals surface area contributed by atoms with Crippen LogP contribution >= 0.6 is 0 Å². The molecule has 2 rings (SSSR count). The van der Waals surface area contributed by atoms with E-state index in [2.05, 4.69) is 0 Å². The number of hydrogen-bond acceptors (Lipinski definition) is 3. The van der Waals surface area contributed by atoms with Gasteiger partial charge in [-0.3, -0.25) is 4.79 Å². The molecule has 1 N–H and O–H groups in total. The van der Waals surface area contributed by atoms with Gasteiger partial charge in [0.2, 0.25) is 0 Å². The van der Waals surface area contributed by atoms with Gasteiger partial charge in [0.05, 0.1) is 0 Å². The fourth-order valence-corrected chi connectivity index (χ4v) is 2.70. The summed E-state index contributed by atoms with van der Waals surface area (Å²) in [6, 6.07) is 0.232. The molecular weight excluding hydrogens is 206 g/mol. The second kappa shape index (κ2) is 5.64. The highest BCUT2D eigenvalue weighted by molar-refractivity contribution is 5.81. The summed E-state index contributed by atoms with van der Waals surface area (Å²) in [5.74, 6) is 0.149. The maximum Gasteiger partial charge on any atom is 0.251 e. The van der Waals surface area contributed by atoms with E-state index in [9.17, 15) is 4.79 Å². The van der Waals surface area contributed by atoms with Crippen molar-refractivity contribution in [3.63, 3.8) is 0 Å². The van der Waals surface area contributed by atoms with Crippen LogP contribution in [0.4, 0.5) is 0 Å². The van der Waals surface area contributed by atoms with E-state index < -0.39 is 0 Å². The van der Waals surface area contributed by atoms with E-state index in [1.54, 1.807) is 0 Å². The Hall–Kier alpha value is -0.610. The number of carbonyl (C=O) groups excluding carboxylic acids is 1. The number of hydrogen-bond donors (Lipinski definition) is 1. The van der Waals surface area contributed by atoms with Gasteiger partial charge in [0.1, 0.15) is 6.10 Å². The van der Waals surface area contributed by atoms with Crippen LogP contribution in [-0.4, -0.2) is 47.8 Å². The molecule has 0 aliphatic carbocycles. The SMILES string of the molecule is O=C(C1CCCO1)N1CCCCC1CCO. The Morgan fingerprint density at radius 3 is 2.88 bits per heavy atom. The quantitative estimate of drug-likeness (QED) is 0.780. The van der Waals surface area contributed by atoms with Crippen LogP contribution in [0.15, 0.2) is 0 Å². The number of amides is 1. The van der Waals surface area contributed by atoms with Crippen molar-refractivity contribution in [2.24, 2.45) is 0 Å². The van der Waals surface area contributed by atoms with E-state index in [4.69, 9.17) is 9.84 Å². The largest absolute Gasteiger partial charge is 0.396 e. The molecule has 0 radical (unpaired) electrons. The number of aliphatic hydroxyl groups is 1. The molecule has 0 bridgehead atoms. The predicted octanol–water partition coefficient (Wildman–Crippen LogP) is 0.929. The second-order valence-electron chi connectivity index (χ2n) is 4.70. The Morgan fingerprint density at radius 2 is 2.19 bits per heavy atom. The molecule has 2 aliphatic heterocycles. The zero-order valence-electron chi connectivity index (χ0n) is 9.73. The third-order valence-electron chi connectivity index (χ3n) is 3.58. The minimum atomic E-state index is -0.209. The van der Waals surface area contributed by atoms with Crippen molar-refractivity contribution < 1.29 is 14.6 Å². The van der Waals surface area contributed by atoms with Crippen molar-refractivity contribution in [3.8, 4) is 0 Å². The van der Waals surface area contributed by atoms with E-state index in [-0.39, 0.29) is 24.7 Å². The van der Waals surface area contributed by atoms with Crippen LogP contribution in [0.3, 0.4) is 0 Å². The Kier molecular flexibility index (Phi) is 4.18. The van der Waals surface area contributed by atoms with E-state index in [1.165, 1.54) is 6.42 Å². The molecule has 4 nitrogen and oxygen atoms in total. The molecule has 2 aliphatic rings. The van der Waals surface area contributed by atoms with Gasteiger partial charge in [-0.1, -0.05) is 0 Å². The first-order chi connectivity index (χ1) is 7.83. The van der Waals surface area contributed by atoms with Gasteiger partial charge in [-0.25, -0.2) is 0 Å². The monoisotopic (exact) mass is 227 g/mol. The van der Waals surface area contributed by atoms with Gasteiger partial charge in [-0.2, -0.15) is 0 Å². The summed E-state index contributed by atoms with van der Waals surface area (Å²) in [5, 5.41) is 9.01. The first kappa shape index (κ1) is 11.9. The smallest absolute Gasteiger partial charge is 0.251 e. The van der Waals surface area contributed by atoms with Crippen LogP contribution in [0.1, 0.15) is 38.5 Å². The van der Waals surface area contributed by atoms with Crippen LogP contribution in [0.5, 0.6) is 0 Å². The average molecular weight is 227 g/mol. The van der Waals surface area contributed by atoms with Crippen LogP contribution in [-0.2, 0) is 9.53 Å². The number of rotatable bonds is 3. The Labute approximate surface area is 96.6 Å². The van der Waals surface area contributed by atoms with Crippen LogP contribution < -0.4 is 0 Å². The molecule has 16 heavy (non-hydrogen) atoms. The summed E-state index contributed by atoms with van der Waals surface area (Å²) in [5.41, 5.74) is 0. The Morgan fingerprint density at radius 1 is 1.31 bits per heavy atom. The van der Waals surface area contributed by atoms with Gasteiger partial charge in [0.15, 0.2) is 0 Å². The van der Waals surface area contributed by atoms with Crippen LogP contribution in [0.2, 0.25) is 0 Å². The number of piperidine rings is 1. The van der Waals surface area contributed by atoms with E-state index in [0.717, 1.165) is 38.8 Å². The first-order valence-corrected chi connectivity index (χ1v) is 6.36. The lowest BCUT2D eigenvalue weighted by Gasteiger charge is -2.36. The van der Waals surface area contributed by atoms with Crippen molar-refractivity contribution in [2.75, 3.05) is 19.8 Å². The van der Waals surface area contributed by atoms with Gasteiger partial charge in [-0.05, 0) is 38.5 Å². The van der Waals surface area contributed by atoms with Gasteiger partial charge < -0.3 is 14.7 Å². The standard InChI is InChI=1S/C12H21NO3/c14-8-6-10-4-1-2-7-13(10)12(15)11-5-3-9-16-11/h10-11,14H,1-9H2. The lowest BCUT2D eigenvalue weighted by atomic mass is 9.98. The van der Waals surface area contributed by atoms with Crippen LogP contribution in [0.25, 0.3) is 0 Å². The summed E-state index contributed by atoms with van der Waals surface area (Å²) in [6.07, 6.45) is 5.63. The molecule has 2 heterocycles. The molecule has 0 spiro atoms. The maximum atomic E-state index is 12.2. The third kappa shape index (κ3) is 2.55. The zero-order valence-corrected chi connectivity index (χ0v) is 9.73. The fourth-order valence-electron chi connectivity index (χ4n) is 2.70. The molecule has 1 amide bonds. The maximum absolute atomic E-state index is 12.2. The fraction of sp³-hybridized carbons (Fsp3) is 0.917. The van der Waals surface area contributed by atoms with Crippen molar-refractivity contribution in [3.05, 3.63) is 0 Å². The summed E-state index contributed by atoms with van der Waals surface area (Å²) >= 11 is 0. The van der Waals surface area contributed by atoms with E-state index in [0.29, 0.717) is 6.42 Å². The molecule has 0 saturated carbocycles. The molecule has 2 atom stereocenters. The lowest BCUT2D eigenvalue weighted by Crippen LogP contribution is -2.48. The summed E-state index contributed by atoms with van der Waals surface area (Å²) in [4.78, 5) is 14.1. The number of likely N-dealkylation sites (tertiary alicyclic amines) is 1. The van der Waals surface area contributed by atoms with Crippen molar-refractivity contribution in [1.29, 1.82) is 0 Å². The highest BCUT2D eigenvalue weighted by Crippen LogP contribution is 2.23. The summed E-state index contributed by atoms with van der Waals surface area (Å²) in [6.45, 7) is 1.72. The molecule has 2 unspecified atom stereocenters. The van der Waals surface area contributed by atoms with Gasteiger partial charge >= 0.3 is 0 Å². The van der Waals surface area contributed by atoms with Crippen molar-refractivity contribution in [2.45, 2.75) is 50.7 Å².